The lowest BCUT2D eigenvalue weighted by Crippen LogP contribution is -2.27. The number of carbonyl (C=O) groups excluding carboxylic acids is 1. The van der Waals surface area contributed by atoms with Crippen molar-refractivity contribution in [3.63, 3.8) is 0 Å². The third kappa shape index (κ3) is 5.01. The standard InChI is InChI=1S/C18H18F3NO2/c1-2-5-16(13-6-3-7-14(12-13)18(19,20)21)22-17(23)10-9-15-8-4-11-24-15/h3-4,6-12,16H,2,5H2,1H3,(H,22,23)/b10-9+. The SMILES string of the molecule is CCCC(NC(=O)/C=C/c1ccco1)c1cccc(C(F)(F)F)c1. The molecule has 24 heavy (non-hydrogen) atoms. The Bertz CT molecular complexity index is 691. The molecule has 1 amide bonds. The topological polar surface area (TPSA) is 42.2 Å². The molecule has 0 saturated carbocycles. The molecule has 0 bridgehead atoms. The molecule has 0 radical (unpaired) electrons. The van der Waals surface area contributed by atoms with Gasteiger partial charge in [-0.15, -0.1) is 0 Å². The van der Waals surface area contributed by atoms with Gasteiger partial charge in [-0.05, 0) is 42.3 Å². The molecular formula is C18H18F3NO2. The van der Waals surface area contributed by atoms with E-state index < -0.39 is 17.8 Å². The summed E-state index contributed by atoms with van der Waals surface area (Å²) in [5.41, 5.74) is -0.284. The van der Waals surface area contributed by atoms with Gasteiger partial charge in [0.1, 0.15) is 5.76 Å². The molecule has 128 valence electrons. The highest BCUT2D eigenvalue weighted by Gasteiger charge is 2.31. The van der Waals surface area contributed by atoms with E-state index in [4.69, 9.17) is 4.42 Å². The van der Waals surface area contributed by atoms with Crippen LogP contribution in [-0.4, -0.2) is 5.91 Å². The van der Waals surface area contributed by atoms with E-state index in [1.54, 1.807) is 18.2 Å². The zero-order valence-electron chi connectivity index (χ0n) is 13.1. The molecule has 2 rings (SSSR count). The van der Waals surface area contributed by atoms with Gasteiger partial charge in [-0.3, -0.25) is 4.79 Å². The predicted molar refractivity (Wildman–Crippen MR) is 85.0 cm³/mol. The van der Waals surface area contributed by atoms with Crippen LogP contribution >= 0.6 is 0 Å². The normalized spacial score (nSPS) is 13.2. The Balaban J connectivity index is 2.13. The van der Waals surface area contributed by atoms with E-state index in [-0.39, 0.29) is 5.91 Å². The van der Waals surface area contributed by atoms with E-state index in [9.17, 15) is 18.0 Å². The van der Waals surface area contributed by atoms with Crippen molar-refractivity contribution in [2.45, 2.75) is 32.0 Å². The summed E-state index contributed by atoms with van der Waals surface area (Å²) >= 11 is 0. The lowest BCUT2D eigenvalue weighted by Gasteiger charge is -2.19. The number of hydrogen-bond acceptors (Lipinski definition) is 2. The van der Waals surface area contributed by atoms with Crippen LogP contribution < -0.4 is 5.32 Å². The molecule has 3 nitrogen and oxygen atoms in total. The van der Waals surface area contributed by atoms with Gasteiger partial charge in [-0.1, -0.05) is 25.5 Å². The number of halogens is 3. The Hall–Kier alpha value is -2.50. The summed E-state index contributed by atoms with van der Waals surface area (Å²) in [6, 6.07) is 7.95. The zero-order chi connectivity index (χ0) is 17.6. The van der Waals surface area contributed by atoms with Crippen molar-refractivity contribution < 1.29 is 22.4 Å². The Kier molecular flexibility index (Phi) is 5.84. The monoisotopic (exact) mass is 337 g/mol. The van der Waals surface area contributed by atoms with Crippen LogP contribution in [-0.2, 0) is 11.0 Å². The Labute approximate surface area is 138 Å². The molecule has 2 aromatic rings. The number of benzene rings is 1. The highest BCUT2D eigenvalue weighted by atomic mass is 19.4. The first-order valence-electron chi connectivity index (χ1n) is 7.59. The van der Waals surface area contributed by atoms with Crippen molar-refractivity contribution in [1.29, 1.82) is 0 Å². The minimum atomic E-state index is -4.41. The molecule has 0 aliphatic heterocycles. The second-order valence-electron chi connectivity index (χ2n) is 5.32. The number of alkyl halides is 3. The van der Waals surface area contributed by atoms with E-state index in [1.807, 2.05) is 6.92 Å². The lowest BCUT2D eigenvalue weighted by molar-refractivity contribution is -0.137. The summed E-state index contributed by atoms with van der Waals surface area (Å²) in [5, 5.41) is 2.74. The number of hydrogen-bond donors (Lipinski definition) is 1. The fourth-order valence-corrected chi connectivity index (χ4v) is 2.31. The molecule has 1 N–H and O–H groups in total. The summed E-state index contributed by atoms with van der Waals surface area (Å²) in [5.74, 6) is 0.138. The van der Waals surface area contributed by atoms with Crippen molar-refractivity contribution in [2.75, 3.05) is 0 Å². The Morgan fingerprint density at radius 1 is 1.29 bits per heavy atom. The summed E-state index contributed by atoms with van der Waals surface area (Å²) in [7, 11) is 0. The number of rotatable bonds is 6. The Morgan fingerprint density at radius 2 is 2.08 bits per heavy atom. The minimum absolute atomic E-state index is 0.387. The lowest BCUT2D eigenvalue weighted by atomic mass is 10.00. The smallest absolute Gasteiger partial charge is 0.416 e. The Morgan fingerprint density at radius 3 is 2.71 bits per heavy atom. The van der Waals surface area contributed by atoms with Gasteiger partial charge < -0.3 is 9.73 Å². The van der Waals surface area contributed by atoms with Gasteiger partial charge in [0.05, 0.1) is 17.9 Å². The molecule has 0 saturated heterocycles. The van der Waals surface area contributed by atoms with E-state index in [0.717, 1.165) is 18.6 Å². The average Bonchev–Trinajstić information content (AvgIpc) is 3.05. The number of nitrogens with one attached hydrogen (secondary N) is 1. The van der Waals surface area contributed by atoms with E-state index in [1.165, 1.54) is 24.5 Å². The molecule has 0 aliphatic carbocycles. The van der Waals surface area contributed by atoms with Gasteiger partial charge in [-0.2, -0.15) is 13.2 Å². The zero-order valence-corrected chi connectivity index (χ0v) is 13.1. The number of furan rings is 1. The number of amides is 1. The molecule has 1 atom stereocenters. The maximum absolute atomic E-state index is 12.8. The van der Waals surface area contributed by atoms with Crippen LogP contribution in [0.4, 0.5) is 13.2 Å². The summed E-state index contributed by atoms with van der Waals surface area (Å²) in [4.78, 5) is 12.0. The fourth-order valence-electron chi connectivity index (χ4n) is 2.31. The molecule has 0 fully saturated rings. The molecular weight excluding hydrogens is 319 g/mol. The molecule has 6 heteroatoms. The van der Waals surface area contributed by atoms with Gasteiger partial charge in [0, 0.05) is 6.08 Å². The van der Waals surface area contributed by atoms with Crippen molar-refractivity contribution in [1.82, 2.24) is 5.32 Å². The van der Waals surface area contributed by atoms with Gasteiger partial charge in [0.15, 0.2) is 0 Å². The average molecular weight is 337 g/mol. The van der Waals surface area contributed by atoms with Gasteiger partial charge in [0.25, 0.3) is 0 Å². The summed E-state index contributed by atoms with van der Waals surface area (Å²) < 4.78 is 43.6. The van der Waals surface area contributed by atoms with Crippen LogP contribution in [0.1, 0.15) is 42.7 Å². The van der Waals surface area contributed by atoms with Crippen molar-refractivity contribution in [3.05, 3.63) is 65.6 Å². The quantitative estimate of drug-likeness (QED) is 0.756. The van der Waals surface area contributed by atoms with E-state index in [2.05, 4.69) is 5.32 Å². The molecule has 0 aliphatic rings. The molecule has 0 spiro atoms. The minimum Gasteiger partial charge on any atom is -0.465 e. The van der Waals surface area contributed by atoms with Crippen molar-refractivity contribution >= 4 is 12.0 Å². The van der Waals surface area contributed by atoms with E-state index in [0.29, 0.717) is 17.7 Å². The molecule has 1 aromatic heterocycles. The first-order valence-corrected chi connectivity index (χ1v) is 7.59. The highest BCUT2D eigenvalue weighted by Crippen LogP contribution is 2.31. The largest absolute Gasteiger partial charge is 0.465 e. The first-order chi connectivity index (χ1) is 11.4. The molecule has 1 heterocycles. The van der Waals surface area contributed by atoms with Crippen LogP contribution in [0.15, 0.2) is 53.2 Å². The second kappa shape index (κ2) is 7.86. The van der Waals surface area contributed by atoms with Gasteiger partial charge in [-0.25, -0.2) is 0 Å². The predicted octanol–water partition coefficient (Wildman–Crippen LogP) is 4.97. The van der Waals surface area contributed by atoms with Gasteiger partial charge >= 0.3 is 6.18 Å². The third-order valence-corrected chi connectivity index (χ3v) is 3.45. The van der Waals surface area contributed by atoms with Gasteiger partial charge in [0.2, 0.25) is 5.91 Å². The highest BCUT2D eigenvalue weighted by molar-refractivity contribution is 5.91. The third-order valence-electron chi connectivity index (χ3n) is 3.45. The first kappa shape index (κ1) is 17.8. The van der Waals surface area contributed by atoms with Crippen LogP contribution in [0, 0.1) is 0 Å². The van der Waals surface area contributed by atoms with Crippen LogP contribution in [0.3, 0.4) is 0 Å². The molecule has 1 unspecified atom stereocenters. The van der Waals surface area contributed by atoms with Crippen molar-refractivity contribution in [3.8, 4) is 0 Å². The maximum Gasteiger partial charge on any atom is 0.416 e. The van der Waals surface area contributed by atoms with E-state index >= 15 is 0 Å². The van der Waals surface area contributed by atoms with Crippen molar-refractivity contribution in [2.24, 2.45) is 0 Å². The van der Waals surface area contributed by atoms with Crippen LogP contribution in [0.2, 0.25) is 0 Å². The second-order valence-corrected chi connectivity index (χ2v) is 5.32. The van der Waals surface area contributed by atoms with Crippen LogP contribution in [0.25, 0.3) is 6.08 Å². The molecule has 1 aromatic carbocycles. The number of carbonyl (C=O) groups is 1. The summed E-state index contributed by atoms with van der Waals surface area (Å²) in [6.45, 7) is 1.91. The van der Waals surface area contributed by atoms with Crippen LogP contribution in [0.5, 0.6) is 0 Å². The summed E-state index contributed by atoms with van der Waals surface area (Å²) in [6.07, 6.45) is 1.15. The fraction of sp³-hybridized carbons (Fsp3) is 0.278. The maximum atomic E-state index is 12.8.